The highest BCUT2D eigenvalue weighted by Gasteiger charge is 2.64. The second-order valence-corrected chi connectivity index (χ2v) is 9.97. The molecule has 3 aliphatic heterocycles. The third-order valence-electron chi connectivity index (χ3n) is 8.10. The number of carbonyl (C=O) groups excluding carboxylic acids is 3. The normalized spacial score (nSPS) is 23.4. The molecule has 0 spiro atoms. The first-order chi connectivity index (χ1) is 18.6. The number of imide groups is 1. The first-order valence-electron chi connectivity index (χ1n) is 12.7. The summed E-state index contributed by atoms with van der Waals surface area (Å²) in [6, 6.07) is 27.0. The molecular weight excluding hydrogens is 476 g/mol. The lowest BCUT2D eigenvalue weighted by Gasteiger charge is -2.35. The quantitative estimate of drug-likeness (QED) is 0.283. The summed E-state index contributed by atoms with van der Waals surface area (Å²) in [7, 11) is 1.57. The summed E-state index contributed by atoms with van der Waals surface area (Å²) in [6.07, 6.45) is 3.83. The maximum absolute atomic E-state index is 14.1. The molecule has 2 amide bonds. The summed E-state index contributed by atoms with van der Waals surface area (Å²) in [5.74, 6) is -1.61. The first-order valence-corrected chi connectivity index (χ1v) is 12.7. The summed E-state index contributed by atoms with van der Waals surface area (Å²) < 4.78 is 5.26. The van der Waals surface area contributed by atoms with Gasteiger partial charge in [-0.05, 0) is 64.4 Å². The van der Waals surface area contributed by atoms with E-state index in [1.807, 2.05) is 83.9 Å². The minimum atomic E-state index is -0.802. The van der Waals surface area contributed by atoms with Gasteiger partial charge in [-0.25, -0.2) is 4.90 Å². The highest BCUT2D eigenvalue weighted by atomic mass is 16.5. The molecule has 38 heavy (non-hydrogen) atoms. The predicted octanol–water partition coefficient (Wildman–Crippen LogP) is 5.25. The molecule has 0 radical (unpaired) electrons. The van der Waals surface area contributed by atoms with E-state index in [0.29, 0.717) is 17.0 Å². The van der Waals surface area contributed by atoms with Gasteiger partial charge in [0.05, 0.1) is 30.7 Å². The molecule has 0 bridgehead atoms. The Hall–Kier alpha value is -4.71. The Labute approximate surface area is 219 Å². The molecule has 6 heteroatoms. The Morgan fingerprint density at radius 1 is 0.789 bits per heavy atom. The molecule has 3 aliphatic rings. The summed E-state index contributed by atoms with van der Waals surface area (Å²) in [6.45, 7) is 0. The van der Waals surface area contributed by atoms with Gasteiger partial charge in [-0.3, -0.25) is 14.4 Å². The lowest BCUT2D eigenvalue weighted by atomic mass is 9.83. The number of carbonyl (C=O) groups is 3. The lowest BCUT2D eigenvalue weighted by Crippen LogP contribution is -2.44. The second-order valence-electron chi connectivity index (χ2n) is 9.97. The Morgan fingerprint density at radius 3 is 2.29 bits per heavy atom. The average molecular weight is 501 g/mol. The van der Waals surface area contributed by atoms with Crippen LogP contribution in [0.25, 0.3) is 16.8 Å². The van der Waals surface area contributed by atoms with Crippen LogP contribution < -0.4 is 9.64 Å². The van der Waals surface area contributed by atoms with Crippen molar-refractivity contribution in [2.45, 2.75) is 12.1 Å². The number of methoxy groups -OCH3 is 1. The number of amides is 2. The number of Topliss-reactive ketones (excluding diaryl/α,β-unsaturated/α-hetero) is 1. The molecule has 2 saturated heterocycles. The van der Waals surface area contributed by atoms with E-state index in [0.717, 1.165) is 21.9 Å². The number of anilines is 1. The number of hydrogen-bond donors (Lipinski definition) is 0. The van der Waals surface area contributed by atoms with E-state index in [4.69, 9.17) is 4.74 Å². The standard InChI is InChI=1S/C32H24N2O4/c1-38-24-14-11-21(12-15-24)30(35)29-27-26(28-25-9-5-4-7-20(25)16-17-33(28)29)31(36)34(32(27)37)23-13-10-19-6-2-3-8-22(19)18-23/h2-18,26-29H,1H3/t26-,27+,28+,29+/m0/s1. The van der Waals surface area contributed by atoms with Gasteiger partial charge in [-0.15, -0.1) is 0 Å². The van der Waals surface area contributed by atoms with Crippen molar-refractivity contribution in [3.8, 4) is 5.75 Å². The van der Waals surface area contributed by atoms with Gasteiger partial charge < -0.3 is 9.64 Å². The largest absolute Gasteiger partial charge is 0.497 e. The maximum Gasteiger partial charge on any atom is 0.240 e. The van der Waals surface area contributed by atoms with Crippen LogP contribution in [0.15, 0.2) is 97.2 Å². The lowest BCUT2D eigenvalue weighted by molar-refractivity contribution is -0.123. The average Bonchev–Trinajstić information content (AvgIpc) is 3.44. The predicted molar refractivity (Wildman–Crippen MR) is 145 cm³/mol. The van der Waals surface area contributed by atoms with Crippen LogP contribution in [0, 0.1) is 11.8 Å². The highest BCUT2D eigenvalue weighted by Crippen LogP contribution is 2.53. The zero-order valence-corrected chi connectivity index (χ0v) is 20.7. The van der Waals surface area contributed by atoms with Gasteiger partial charge in [0.1, 0.15) is 11.8 Å². The molecule has 6 nitrogen and oxygen atoms in total. The second kappa shape index (κ2) is 8.42. The van der Waals surface area contributed by atoms with E-state index in [1.165, 1.54) is 4.90 Å². The number of nitrogens with zero attached hydrogens (tertiary/aromatic N) is 2. The topological polar surface area (TPSA) is 66.9 Å². The fourth-order valence-electron chi connectivity index (χ4n) is 6.35. The molecule has 4 aromatic rings. The Kier molecular flexibility index (Phi) is 4.98. The van der Waals surface area contributed by atoms with Crippen molar-refractivity contribution in [1.82, 2.24) is 4.90 Å². The molecule has 0 saturated carbocycles. The number of rotatable bonds is 4. The van der Waals surface area contributed by atoms with Crippen LogP contribution in [-0.2, 0) is 9.59 Å². The van der Waals surface area contributed by atoms with Crippen molar-refractivity contribution in [2.75, 3.05) is 12.0 Å². The number of hydrogen-bond acceptors (Lipinski definition) is 5. The zero-order chi connectivity index (χ0) is 26.0. The van der Waals surface area contributed by atoms with Crippen molar-refractivity contribution in [3.63, 3.8) is 0 Å². The third-order valence-corrected chi connectivity index (χ3v) is 8.10. The van der Waals surface area contributed by atoms with E-state index >= 15 is 0 Å². The summed E-state index contributed by atoms with van der Waals surface area (Å²) >= 11 is 0. The fraction of sp³-hybridized carbons (Fsp3) is 0.156. The van der Waals surface area contributed by atoms with Crippen molar-refractivity contribution >= 4 is 40.1 Å². The molecule has 4 aromatic carbocycles. The van der Waals surface area contributed by atoms with E-state index < -0.39 is 23.9 Å². The smallest absolute Gasteiger partial charge is 0.240 e. The molecule has 0 N–H and O–H groups in total. The molecule has 3 heterocycles. The Balaban J connectivity index is 1.35. The molecule has 2 fully saturated rings. The van der Waals surface area contributed by atoms with Gasteiger partial charge in [-0.1, -0.05) is 54.6 Å². The molecule has 0 aromatic heterocycles. The summed E-state index contributed by atoms with van der Waals surface area (Å²) in [5.41, 5.74) is 2.97. The van der Waals surface area contributed by atoms with Crippen LogP contribution in [0.1, 0.15) is 27.5 Å². The molecule has 0 unspecified atom stereocenters. The highest BCUT2D eigenvalue weighted by molar-refractivity contribution is 6.25. The van der Waals surface area contributed by atoms with Crippen LogP contribution in [0.4, 0.5) is 5.69 Å². The summed E-state index contributed by atoms with van der Waals surface area (Å²) in [5, 5.41) is 1.97. The van der Waals surface area contributed by atoms with Gasteiger partial charge in [0.2, 0.25) is 11.8 Å². The number of fused-ring (bicyclic) bond motifs is 6. The van der Waals surface area contributed by atoms with Crippen LogP contribution in [0.2, 0.25) is 0 Å². The minimum Gasteiger partial charge on any atom is -0.497 e. The van der Waals surface area contributed by atoms with Gasteiger partial charge in [-0.2, -0.15) is 0 Å². The van der Waals surface area contributed by atoms with Crippen molar-refractivity contribution in [2.24, 2.45) is 11.8 Å². The SMILES string of the molecule is COc1ccc(C(=O)[C@H]2[C@@H]3C(=O)N(c4ccc5ccccc5c4)C(=O)[C@@H]3[C@H]3c4ccccc4C=CN32)cc1. The van der Waals surface area contributed by atoms with Gasteiger partial charge in [0.25, 0.3) is 0 Å². The summed E-state index contributed by atoms with van der Waals surface area (Å²) in [4.78, 5) is 45.5. The molecule has 0 aliphatic carbocycles. The Bertz CT molecular complexity index is 1660. The van der Waals surface area contributed by atoms with Gasteiger partial charge in [0.15, 0.2) is 5.78 Å². The number of ether oxygens (including phenoxy) is 1. The van der Waals surface area contributed by atoms with Crippen molar-refractivity contribution in [3.05, 3.63) is 114 Å². The zero-order valence-electron chi connectivity index (χ0n) is 20.7. The molecule has 4 atom stereocenters. The molecular formula is C32H24N2O4. The molecule has 186 valence electrons. The Morgan fingerprint density at radius 2 is 1.50 bits per heavy atom. The van der Waals surface area contributed by atoms with E-state index in [1.54, 1.807) is 31.4 Å². The van der Waals surface area contributed by atoms with Crippen LogP contribution >= 0.6 is 0 Å². The minimum absolute atomic E-state index is 0.185. The fourth-order valence-corrected chi connectivity index (χ4v) is 6.35. The number of benzene rings is 4. The first kappa shape index (κ1) is 22.5. The van der Waals surface area contributed by atoms with Crippen molar-refractivity contribution in [1.29, 1.82) is 0 Å². The van der Waals surface area contributed by atoms with E-state index in [9.17, 15) is 14.4 Å². The van der Waals surface area contributed by atoms with Crippen LogP contribution in [0.3, 0.4) is 0 Å². The van der Waals surface area contributed by atoms with Crippen LogP contribution in [0.5, 0.6) is 5.75 Å². The maximum atomic E-state index is 14.1. The van der Waals surface area contributed by atoms with E-state index in [-0.39, 0.29) is 17.6 Å². The number of ketones is 1. The van der Waals surface area contributed by atoms with Crippen LogP contribution in [-0.4, -0.2) is 35.6 Å². The van der Waals surface area contributed by atoms with Crippen molar-refractivity contribution < 1.29 is 19.1 Å². The van der Waals surface area contributed by atoms with Gasteiger partial charge >= 0.3 is 0 Å². The molecule has 7 rings (SSSR count). The monoisotopic (exact) mass is 500 g/mol. The van der Waals surface area contributed by atoms with E-state index in [2.05, 4.69) is 0 Å². The third kappa shape index (κ3) is 3.16. The van der Waals surface area contributed by atoms with Gasteiger partial charge in [0, 0.05) is 11.8 Å².